The van der Waals surface area contributed by atoms with Crippen LogP contribution >= 0.6 is 0 Å². The topological polar surface area (TPSA) is 49.9 Å². The van der Waals surface area contributed by atoms with Gasteiger partial charge in [0.2, 0.25) is 10.0 Å². The maximum Gasteiger partial charge on any atom is 0.244 e. The zero-order valence-corrected chi connectivity index (χ0v) is 16.0. The quantitative estimate of drug-likeness (QED) is 0.738. The highest BCUT2D eigenvalue weighted by Crippen LogP contribution is 2.32. The Morgan fingerprint density at radius 1 is 1.12 bits per heavy atom. The van der Waals surface area contributed by atoms with Crippen LogP contribution in [0.1, 0.15) is 35.2 Å². The van der Waals surface area contributed by atoms with E-state index in [0.29, 0.717) is 18.0 Å². The van der Waals surface area contributed by atoms with Crippen LogP contribution < -0.4 is 0 Å². The summed E-state index contributed by atoms with van der Waals surface area (Å²) in [5.74, 6) is 0. The molecule has 1 saturated heterocycles. The van der Waals surface area contributed by atoms with E-state index < -0.39 is 10.0 Å². The average Bonchev–Trinajstić information content (AvgIpc) is 3.35. The maximum absolute atomic E-state index is 13.5. The van der Waals surface area contributed by atoms with Crippen LogP contribution in [0, 0.1) is 20.8 Å². The van der Waals surface area contributed by atoms with Gasteiger partial charge in [0.25, 0.3) is 0 Å². The van der Waals surface area contributed by atoms with E-state index in [4.69, 9.17) is 4.74 Å². The smallest absolute Gasteiger partial charge is 0.244 e. The number of sulfonamides is 1. The molecule has 0 saturated carbocycles. The van der Waals surface area contributed by atoms with E-state index >= 15 is 0 Å². The van der Waals surface area contributed by atoms with Gasteiger partial charge >= 0.3 is 0 Å². The van der Waals surface area contributed by atoms with Crippen molar-refractivity contribution in [3.63, 3.8) is 0 Å². The second-order valence-electron chi connectivity index (χ2n) is 6.84. The molecule has 25 heavy (non-hydrogen) atoms. The summed E-state index contributed by atoms with van der Waals surface area (Å²) in [4.78, 5) is 0.418. The molecule has 1 aliphatic rings. The fourth-order valence-corrected chi connectivity index (χ4v) is 5.49. The van der Waals surface area contributed by atoms with E-state index in [-0.39, 0.29) is 12.1 Å². The lowest BCUT2D eigenvalue weighted by Crippen LogP contribution is -2.37. The van der Waals surface area contributed by atoms with Gasteiger partial charge in [-0.3, -0.25) is 0 Å². The Hall–Kier alpha value is -1.69. The van der Waals surface area contributed by atoms with Crippen LogP contribution in [0.15, 0.2) is 47.4 Å². The van der Waals surface area contributed by atoms with Crippen LogP contribution in [0.3, 0.4) is 0 Å². The highest BCUT2D eigenvalue weighted by molar-refractivity contribution is 7.89. The normalized spacial score (nSPS) is 18.4. The summed E-state index contributed by atoms with van der Waals surface area (Å²) in [5, 5.41) is 0. The molecule has 1 heterocycles. The van der Waals surface area contributed by atoms with Crippen molar-refractivity contribution in [2.24, 2.45) is 0 Å². The molecule has 5 heteroatoms. The molecule has 0 N–H and O–H groups in total. The number of rotatable bonds is 6. The van der Waals surface area contributed by atoms with Crippen LogP contribution in [0.5, 0.6) is 0 Å². The van der Waals surface area contributed by atoms with E-state index in [1.165, 1.54) is 0 Å². The molecule has 1 fully saturated rings. The van der Waals surface area contributed by atoms with Crippen molar-refractivity contribution in [2.75, 3.05) is 13.2 Å². The number of hydrogen-bond acceptors (Lipinski definition) is 3. The Kier molecular flexibility index (Phi) is 5.00. The molecule has 4 nitrogen and oxygen atoms in total. The number of benzene rings is 2. The van der Waals surface area contributed by atoms with Crippen LogP contribution in [-0.4, -0.2) is 32.0 Å². The highest BCUT2D eigenvalue weighted by Gasteiger charge is 2.37. The van der Waals surface area contributed by atoms with Gasteiger partial charge in [-0.1, -0.05) is 48.0 Å². The van der Waals surface area contributed by atoms with E-state index in [9.17, 15) is 8.42 Å². The summed E-state index contributed by atoms with van der Waals surface area (Å²) in [6, 6.07) is 13.4. The predicted molar refractivity (Wildman–Crippen MR) is 99.1 cm³/mol. The van der Waals surface area contributed by atoms with Crippen LogP contribution in [-0.2, 0) is 14.8 Å². The largest absolute Gasteiger partial charge is 0.372 e. The number of epoxide rings is 1. The molecular weight excluding hydrogens is 334 g/mol. The van der Waals surface area contributed by atoms with Gasteiger partial charge < -0.3 is 4.74 Å². The van der Waals surface area contributed by atoms with Gasteiger partial charge in [-0.2, -0.15) is 4.31 Å². The summed E-state index contributed by atoms with van der Waals surface area (Å²) in [6.45, 7) is 8.66. The number of aryl methyl sites for hydroxylation is 3. The lowest BCUT2D eigenvalue weighted by molar-refractivity contribution is 0.295. The first-order valence-electron chi connectivity index (χ1n) is 8.57. The van der Waals surface area contributed by atoms with Gasteiger partial charge in [-0.15, -0.1) is 0 Å². The molecule has 0 aromatic heterocycles. The monoisotopic (exact) mass is 359 g/mol. The second kappa shape index (κ2) is 6.90. The molecule has 2 atom stereocenters. The first-order valence-corrected chi connectivity index (χ1v) is 10.0. The van der Waals surface area contributed by atoms with E-state index in [2.05, 4.69) is 0 Å². The SMILES string of the molecule is Cc1cc(C)c(S(=O)(=O)N(CC2CO2)C(C)c2ccccc2)c(C)c1. The number of nitrogens with zero attached hydrogens (tertiary/aromatic N) is 1. The molecule has 1 aliphatic heterocycles. The highest BCUT2D eigenvalue weighted by atomic mass is 32.2. The van der Waals surface area contributed by atoms with Crippen LogP contribution in [0.4, 0.5) is 0 Å². The molecule has 3 rings (SSSR count). The summed E-state index contributed by atoms with van der Waals surface area (Å²) in [5.41, 5.74) is 3.63. The van der Waals surface area contributed by atoms with Crippen molar-refractivity contribution in [3.8, 4) is 0 Å². The average molecular weight is 359 g/mol. The van der Waals surface area contributed by atoms with Crippen LogP contribution in [0.2, 0.25) is 0 Å². The molecule has 0 radical (unpaired) electrons. The summed E-state index contributed by atoms with van der Waals surface area (Å²) < 4.78 is 34.0. The van der Waals surface area contributed by atoms with Crippen molar-refractivity contribution >= 4 is 10.0 Å². The molecule has 0 aliphatic carbocycles. The molecule has 2 aromatic rings. The van der Waals surface area contributed by atoms with Gasteiger partial charge in [-0.25, -0.2) is 8.42 Å². The lowest BCUT2D eigenvalue weighted by atomic mass is 10.1. The summed E-state index contributed by atoms with van der Waals surface area (Å²) in [6.07, 6.45) is -0.00741. The molecule has 0 bridgehead atoms. The second-order valence-corrected chi connectivity index (χ2v) is 8.67. The predicted octanol–water partition coefficient (Wildman–Crippen LogP) is 3.76. The number of hydrogen-bond donors (Lipinski definition) is 0. The minimum atomic E-state index is -3.63. The van der Waals surface area contributed by atoms with Gasteiger partial charge in [0.1, 0.15) is 0 Å². The lowest BCUT2D eigenvalue weighted by Gasteiger charge is -2.29. The third-order valence-electron chi connectivity index (χ3n) is 4.67. The van der Waals surface area contributed by atoms with Crippen molar-refractivity contribution in [3.05, 3.63) is 64.7 Å². The van der Waals surface area contributed by atoms with Crippen molar-refractivity contribution in [1.29, 1.82) is 0 Å². The molecule has 0 spiro atoms. The Morgan fingerprint density at radius 2 is 1.68 bits per heavy atom. The van der Waals surface area contributed by atoms with Gasteiger partial charge in [0.05, 0.1) is 17.6 Å². The third kappa shape index (κ3) is 3.78. The van der Waals surface area contributed by atoms with Crippen molar-refractivity contribution in [1.82, 2.24) is 4.31 Å². The molecule has 2 unspecified atom stereocenters. The van der Waals surface area contributed by atoms with Crippen molar-refractivity contribution in [2.45, 2.75) is 44.7 Å². The van der Waals surface area contributed by atoms with E-state index in [1.54, 1.807) is 4.31 Å². The standard InChI is InChI=1S/C20H25NO3S/c1-14-10-15(2)20(16(3)11-14)25(22,23)21(12-19-13-24-19)17(4)18-8-6-5-7-9-18/h5-11,17,19H,12-13H2,1-4H3. The fourth-order valence-electron chi connectivity index (χ4n) is 3.43. The molecule has 2 aromatic carbocycles. The van der Waals surface area contributed by atoms with Crippen LogP contribution in [0.25, 0.3) is 0 Å². The third-order valence-corrected chi connectivity index (χ3v) is 6.91. The Balaban J connectivity index is 2.06. The zero-order valence-electron chi connectivity index (χ0n) is 15.2. The molecular formula is C20H25NO3S. The Labute approximate surface area is 150 Å². The molecule has 0 amide bonds. The van der Waals surface area contributed by atoms with Gasteiger partial charge in [-0.05, 0) is 44.4 Å². The summed E-state index contributed by atoms with van der Waals surface area (Å²) in [7, 11) is -3.63. The molecule has 134 valence electrons. The first-order chi connectivity index (χ1) is 11.8. The Morgan fingerprint density at radius 3 is 2.20 bits per heavy atom. The minimum absolute atomic E-state index is 0.00741. The maximum atomic E-state index is 13.5. The zero-order chi connectivity index (χ0) is 18.2. The summed E-state index contributed by atoms with van der Waals surface area (Å²) >= 11 is 0. The van der Waals surface area contributed by atoms with E-state index in [1.807, 2.05) is 70.2 Å². The van der Waals surface area contributed by atoms with Gasteiger partial charge in [0, 0.05) is 12.6 Å². The van der Waals surface area contributed by atoms with Crippen molar-refractivity contribution < 1.29 is 13.2 Å². The van der Waals surface area contributed by atoms with E-state index in [0.717, 1.165) is 22.3 Å². The van der Waals surface area contributed by atoms with Gasteiger partial charge in [0.15, 0.2) is 0 Å². The minimum Gasteiger partial charge on any atom is -0.372 e. The number of ether oxygens (including phenoxy) is 1. The first kappa shape index (κ1) is 18.1. The fraction of sp³-hybridized carbons (Fsp3) is 0.400. The Bertz CT molecular complexity index is 835.